The number of hydrogen-bond acceptors (Lipinski definition) is 3. The summed E-state index contributed by atoms with van der Waals surface area (Å²) in [5, 5.41) is 0. The molecule has 0 aliphatic carbocycles. The number of hydrogen-bond donors (Lipinski definition) is 0. The van der Waals surface area contributed by atoms with Crippen LogP contribution >= 0.6 is 0 Å². The van der Waals surface area contributed by atoms with Crippen LogP contribution < -0.4 is 0 Å². The van der Waals surface area contributed by atoms with Gasteiger partial charge in [-0.2, -0.15) is 0 Å². The van der Waals surface area contributed by atoms with Crippen molar-refractivity contribution in [2.75, 3.05) is 6.54 Å². The lowest BCUT2D eigenvalue weighted by Gasteiger charge is -2.22. The summed E-state index contributed by atoms with van der Waals surface area (Å²) in [5.41, 5.74) is 1.41. The molecule has 0 spiro atoms. The van der Waals surface area contributed by atoms with Gasteiger partial charge in [0.05, 0.1) is 5.70 Å². The quantitative estimate of drug-likeness (QED) is 0.606. The predicted octanol–water partition coefficient (Wildman–Crippen LogP) is 2.42. The summed E-state index contributed by atoms with van der Waals surface area (Å²) in [7, 11) is 0. The van der Waals surface area contributed by atoms with Gasteiger partial charge in [0.25, 0.3) is 0 Å². The molecule has 0 saturated heterocycles. The van der Waals surface area contributed by atoms with Gasteiger partial charge in [0.15, 0.2) is 0 Å². The van der Waals surface area contributed by atoms with Crippen molar-refractivity contribution in [1.29, 1.82) is 0 Å². The number of benzene rings is 1. The van der Waals surface area contributed by atoms with Gasteiger partial charge in [-0.15, -0.1) is 0 Å². The number of esters is 1. The summed E-state index contributed by atoms with van der Waals surface area (Å²) >= 11 is 0. The second-order valence-electron chi connectivity index (χ2n) is 3.74. The number of rotatable bonds is 4. The highest BCUT2D eigenvalue weighted by molar-refractivity contribution is 5.85. The Morgan fingerprint density at radius 3 is 2.28 bits per heavy atom. The zero-order valence-corrected chi connectivity index (χ0v) is 10.8. The molecule has 96 valence electrons. The predicted molar refractivity (Wildman–Crippen MR) is 69.2 cm³/mol. The maximum atomic E-state index is 11.6. The van der Waals surface area contributed by atoms with Gasteiger partial charge in [0, 0.05) is 26.0 Å². The van der Waals surface area contributed by atoms with E-state index in [0.29, 0.717) is 12.2 Å². The first kappa shape index (κ1) is 14.0. The van der Waals surface area contributed by atoms with Crippen molar-refractivity contribution in [3.63, 3.8) is 0 Å². The molecule has 0 radical (unpaired) electrons. The van der Waals surface area contributed by atoms with Crippen molar-refractivity contribution in [2.45, 2.75) is 20.8 Å². The normalized spacial score (nSPS) is 10.9. The molecule has 0 saturated carbocycles. The SMILES string of the molecule is CCN(C(C)=O)/C(=C\OC(C)=O)c1ccccc1. The van der Waals surface area contributed by atoms with Crippen LogP contribution in [0.25, 0.3) is 5.70 Å². The van der Waals surface area contributed by atoms with Gasteiger partial charge in [-0.25, -0.2) is 0 Å². The molecule has 0 bridgehead atoms. The Balaban J connectivity index is 3.13. The van der Waals surface area contributed by atoms with E-state index in [-0.39, 0.29) is 5.91 Å². The molecule has 4 heteroatoms. The van der Waals surface area contributed by atoms with E-state index in [0.717, 1.165) is 5.56 Å². The molecule has 0 aliphatic heterocycles. The van der Waals surface area contributed by atoms with Crippen LogP contribution in [0.4, 0.5) is 0 Å². The fourth-order valence-corrected chi connectivity index (χ4v) is 1.60. The molecule has 0 aromatic heterocycles. The second kappa shape index (κ2) is 6.59. The van der Waals surface area contributed by atoms with Crippen LogP contribution in [0, 0.1) is 0 Å². The zero-order valence-electron chi connectivity index (χ0n) is 10.8. The van der Waals surface area contributed by atoms with Gasteiger partial charge in [0.1, 0.15) is 6.26 Å². The number of amides is 1. The van der Waals surface area contributed by atoms with Crippen molar-refractivity contribution < 1.29 is 14.3 Å². The van der Waals surface area contributed by atoms with Gasteiger partial charge in [-0.1, -0.05) is 30.3 Å². The molecule has 0 unspecified atom stereocenters. The molecule has 4 nitrogen and oxygen atoms in total. The first-order valence-electron chi connectivity index (χ1n) is 5.77. The maximum Gasteiger partial charge on any atom is 0.307 e. The van der Waals surface area contributed by atoms with Crippen LogP contribution in [0.1, 0.15) is 26.3 Å². The Kier molecular flexibility index (Phi) is 5.11. The number of carbonyl (C=O) groups is 2. The molecular weight excluding hydrogens is 230 g/mol. The van der Waals surface area contributed by atoms with Crippen molar-refractivity contribution in [2.24, 2.45) is 0 Å². The number of carbonyl (C=O) groups excluding carboxylic acids is 2. The smallest absolute Gasteiger partial charge is 0.307 e. The third-order valence-electron chi connectivity index (χ3n) is 2.39. The largest absolute Gasteiger partial charge is 0.432 e. The van der Waals surface area contributed by atoms with E-state index < -0.39 is 5.97 Å². The lowest BCUT2D eigenvalue weighted by molar-refractivity contribution is -0.135. The fraction of sp³-hybridized carbons (Fsp3) is 0.286. The van der Waals surface area contributed by atoms with Gasteiger partial charge in [-0.3, -0.25) is 9.59 Å². The van der Waals surface area contributed by atoms with E-state index in [1.165, 1.54) is 20.1 Å². The molecule has 0 fully saturated rings. The minimum absolute atomic E-state index is 0.0974. The summed E-state index contributed by atoms with van der Waals surface area (Å²) in [4.78, 5) is 24.0. The molecule has 0 atom stereocenters. The monoisotopic (exact) mass is 247 g/mol. The maximum absolute atomic E-state index is 11.6. The van der Waals surface area contributed by atoms with Gasteiger partial charge < -0.3 is 9.64 Å². The second-order valence-corrected chi connectivity index (χ2v) is 3.74. The Bertz CT molecular complexity index is 451. The first-order chi connectivity index (χ1) is 8.56. The third kappa shape index (κ3) is 3.73. The molecule has 18 heavy (non-hydrogen) atoms. The molecule has 0 heterocycles. The van der Waals surface area contributed by atoms with Crippen molar-refractivity contribution in [3.05, 3.63) is 42.2 Å². The van der Waals surface area contributed by atoms with E-state index in [2.05, 4.69) is 0 Å². The summed E-state index contributed by atoms with van der Waals surface area (Å²) in [6.45, 7) is 5.18. The van der Waals surface area contributed by atoms with Crippen molar-refractivity contribution in [3.8, 4) is 0 Å². The van der Waals surface area contributed by atoms with Crippen molar-refractivity contribution in [1.82, 2.24) is 4.90 Å². The van der Waals surface area contributed by atoms with Crippen LogP contribution in [0.2, 0.25) is 0 Å². The Morgan fingerprint density at radius 1 is 1.22 bits per heavy atom. The third-order valence-corrected chi connectivity index (χ3v) is 2.39. The topological polar surface area (TPSA) is 46.6 Å². The molecule has 1 rings (SSSR count). The van der Waals surface area contributed by atoms with E-state index in [9.17, 15) is 9.59 Å². The average molecular weight is 247 g/mol. The minimum Gasteiger partial charge on any atom is -0.432 e. The lowest BCUT2D eigenvalue weighted by atomic mass is 10.1. The molecule has 1 amide bonds. The Labute approximate surface area is 107 Å². The first-order valence-corrected chi connectivity index (χ1v) is 5.77. The van der Waals surface area contributed by atoms with E-state index in [1.807, 2.05) is 37.3 Å². The summed E-state index contributed by atoms with van der Waals surface area (Å²) in [5.74, 6) is -0.511. The summed E-state index contributed by atoms with van der Waals surface area (Å²) in [6.07, 6.45) is 1.32. The van der Waals surface area contributed by atoms with E-state index in [4.69, 9.17) is 4.74 Å². The minimum atomic E-state index is -0.414. The Hall–Kier alpha value is -2.10. The van der Waals surface area contributed by atoms with Gasteiger partial charge >= 0.3 is 5.97 Å². The zero-order chi connectivity index (χ0) is 13.5. The molecule has 1 aromatic rings. The van der Waals surface area contributed by atoms with Crippen LogP contribution in [-0.4, -0.2) is 23.3 Å². The van der Waals surface area contributed by atoms with Crippen LogP contribution in [-0.2, 0) is 14.3 Å². The molecular formula is C14H17NO3. The van der Waals surface area contributed by atoms with Crippen LogP contribution in [0.15, 0.2) is 36.6 Å². The number of ether oxygens (including phenoxy) is 1. The highest BCUT2D eigenvalue weighted by Crippen LogP contribution is 2.19. The van der Waals surface area contributed by atoms with Gasteiger partial charge in [-0.05, 0) is 6.92 Å². The van der Waals surface area contributed by atoms with Gasteiger partial charge in [0.2, 0.25) is 5.91 Å². The van der Waals surface area contributed by atoms with E-state index >= 15 is 0 Å². The van der Waals surface area contributed by atoms with Crippen LogP contribution in [0.5, 0.6) is 0 Å². The summed E-state index contributed by atoms with van der Waals surface area (Å²) in [6, 6.07) is 9.34. The summed E-state index contributed by atoms with van der Waals surface area (Å²) < 4.78 is 4.90. The van der Waals surface area contributed by atoms with Crippen LogP contribution in [0.3, 0.4) is 0 Å². The fourth-order valence-electron chi connectivity index (χ4n) is 1.60. The molecule has 0 N–H and O–H groups in total. The highest BCUT2D eigenvalue weighted by atomic mass is 16.5. The standard InChI is InChI=1S/C14H17NO3/c1-4-15(11(2)16)14(10-18-12(3)17)13-8-6-5-7-9-13/h5-10H,4H2,1-3H3/b14-10-. The molecule has 1 aromatic carbocycles. The Morgan fingerprint density at radius 2 is 1.83 bits per heavy atom. The number of nitrogens with zero attached hydrogens (tertiary/aromatic N) is 1. The van der Waals surface area contributed by atoms with E-state index in [1.54, 1.807) is 4.90 Å². The van der Waals surface area contributed by atoms with Crippen molar-refractivity contribution >= 4 is 17.6 Å². The lowest BCUT2D eigenvalue weighted by Crippen LogP contribution is -2.27. The molecule has 0 aliphatic rings. The highest BCUT2D eigenvalue weighted by Gasteiger charge is 2.14. The average Bonchev–Trinajstić information content (AvgIpc) is 2.34.